The van der Waals surface area contributed by atoms with Crippen molar-refractivity contribution in [3.05, 3.63) is 29.6 Å². The summed E-state index contributed by atoms with van der Waals surface area (Å²) in [6, 6.07) is 4.87. The first-order chi connectivity index (χ1) is 11.1. The van der Waals surface area contributed by atoms with Crippen LogP contribution >= 0.6 is 0 Å². The van der Waals surface area contributed by atoms with Gasteiger partial charge in [-0.15, -0.1) is 0 Å². The number of nitrogens with one attached hydrogen (secondary N) is 2. The molecule has 1 heterocycles. The molecule has 1 aromatic carbocycles. The predicted octanol–water partition coefficient (Wildman–Crippen LogP) is 2.51. The number of anilines is 1. The third kappa shape index (κ3) is 5.10. The van der Waals surface area contributed by atoms with Gasteiger partial charge in [-0.3, -0.25) is 0 Å². The minimum Gasteiger partial charge on any atom is -0.381 e. The summed E-state index contributed by atoms with van der Waals surface area (Å²) in [4.78, 5) is 13.7. The van der Waals surface area contributed by atoms with E-state index in [0.717, 1.165) is 31.7 Å². The van der Waals surface area contributed by atoms with Crippen LogP contribution < -0.4 is 15.5 Å². The van der Waals surface area contributed by atoms with Gasteiger partial charge in [0.1, 0.15) is 5.82 Å². The Morgan fingerprint density at radius 2 is 2.13 bits per heavy atom. The van der Waals surface area contributed by atoms with E-state index in [1.54, 1.807) is 6.07 Å². The van der Waals surface area contributed by atoms with Crippen LogP contribution in [0, 0.1) is 11.7 Å². The van der Waals surface area contributed by atoms with Gasteiger partial charge in [-0.2, -0.15) is 0 Å². The quantitative estimate of drug-likeness (QED) is 0.811. The highest BCUT2D eigenvalue weighted by atomic mass is 19.1. The average Bonchev–Trinajstić information content (AvgIpc) is 3.07. The van der Waals surface area contributed by atoms with Crippen LogP contribution in [0.1, 0.15) is 25.8 Å². The number of carbonyl (C=O) groups excluding carboxylic acids is 1. The number of halogens is 1. The van der Waals surface area contributed by atoms with Crippen molar-refractivity contribution in [3.63, 3.8) is 0 Å². The molecule has 1 aliphatic heterocycles. The van der Waals surface area contributed by atoms with Crippen LogP contribution in [0.2, 0.25) is 0 Å². The van der Waals surface area contributed by atoms with Crippen molar-refractivity contribution in [1.82, 2.24) is 10.6 Å². The van der Waals surface area contributed by atoms with Gasteiger partial charge in [-0.05, 0) is 38.0 Å². The lowest BCUT2D eigenvalue weighted by atomic mass is 10.1. The molecule has 0 bridgehead atoms. The van der Waals surface area contributed by atoms with Gasteiger partial charge in [-0.1, -0.05) is 6.07 Å². The molecule has 0 saturated carbocycles. The molecule has 2 rings (SSSR count). The van der Waals surface area contributed by atoms with E-state index in [1.165, 1.54) is 6.07 Å². The molecule has 1 saturated heterocycles. The second kappa shape index (κ2) is 8.72. The molecule has 23 heavy (non-hydrogen) atoms. The first-order valence-corrected chi connectivity index (χ1v) is 8.26. The van der Waals surface area contributed by atoms with E-state index >= 15 is 0 Å². The summed E-state index contributed by atoms with van der Waals surface area (Å²) in [6.07, 6.45) is 0.984. The van der Waals surface area contributed by atoms with Crippen LogP contribution in [-0.4, -0.2) is 38.9 Å². The molecule has 0 radical (unpaired) electrons. The fourth-order valence-electron chi connectivity index (χ4n) is 2.71. The summed E-state index contributed by atoms with van der Waals surface area (Å²) in [5.41, 5.74) is 1.35. The number of ether oxygens (including phenoxy) is 1. The molecule has 6 heteroatoms. The van der Waals surface area contributed by atoms with E-state index in [4.69, 9.17) is 4.74 Å². The maximum atomic E-state index is 14.2. The fourth-order valence-corrected chi connectivity index (χ4v) is 2.71. The number of hydrogen-bond donors (Lipinski definition) is 2. The Morgan fingerprint density at radius 3 is 2.74 bits per heavy atom. The highest BCUT2D eigenvalue weighted by molar-refractivity contribution is 5.73. The Morgan fingerprint density at radius 1 is 1.35 bits per heavy atom. The molecule has 5 nitrogen and oxygen atoms in total. The van der Waals surface area contributed by atoms with Crippen molar-refractivity contribution in [2.75, 3.05) is 37.7 Å². The highest BCUT2D eigenvalue weighted by Gasteiger charge is 2.16. The molecule has 2 N–H and O–H groups in total. The van der Waals surface area contributed by atoms with Crippen LogP contribution in [0.5, 0.6) is 0 Å². The Bertz CT molecular complexity index is 515. The molecule has 1 aromatic rings. The molecule has 0 spiro atoms. The molecular weight excluding hydrogens is 297 g/mol. The summed E-state index contributed by atoms with van der Waals surface area (Å²) in [6.45, 7) is 7.92. The van der Waals surface area contributed by atoms with Crippen LogP contribution in [0.15, 0.2) is 18.2 Å². The minimum atomic E-state index is -0.253. The number of rotatable bonds is 7. The van der Waals surface area contributed by atoms with Gasteiger partial charge in [0.2, 0.25) is 0 Å². The molecule has 1 fully saturated rings. The number of hydrogen-bond acceptors (Lipinski definition) is 3. The van der Waals surface area contributed by atoms with Gasteiger partial charge in [0.15, 0.2) is 0 Å². The Hall–Kier alpha value is -1.82. The normalized spacial score (nSPS) is 17.1. The Labute approximate surface area is 137 Å². The number of amides is 2. The number of urea groups is 1. The van der Waals surface area contributed by atoms with Crippen LogP contribution in [0.4, 0.5) is 14.9 Å². The van der Waals surface area contributed by atoms with E-state index in [2.05, 4.69) is 10.6 Å². The predicted molar refractivity (Wildman–Crippen MR) is 89.1 cm³/mol. The van der Waals surface area contributed by atoms with Crippen molar-refractivity contribution in [1.29, 1.82) is 0 Å². The molecule has 128 valence electrons. The minimum absolute atomic E-state index is 0.231. The molecule has 1 aliphatic rings. The largest absolute Gasteiger partial charge is 0.381 e. The van der Waals surface area contributed by atoms with Gasteiger partial charge >= 0.3 is 6.03 Å². The molecular formula is C17H26FN3O2. The summed E-state index contributed by atoms with van der Waals surface area (Å²) in [5.74, 6) is 0.142. The average molecular weight is 323 g/mol. The Kier molecular flexibility index (Phi) is 6.65. The summed E-state index contributed by atoms with van der Waals surface area (Å²) in [5, 5.41) is 5.58. The maximum absolute atomic E-state index is 14.2. The number of nitrogens with zero attached hydrogens (tertiary/aromatic N) is 1. The zero-order chi connectivity index (χ0) is 16.7. The number of benzene rings is 1. The van der Waals surface area contributed by atoms with Gasteiger partial charge < -0.3 is 20.3 Å². The summed E-state index contributed by atoms with van der Waals surface area (Å²) < 4.78 is 19.4. The van der Waals surface area contributed by atoms with E-state index in [0.29, 0.717) is 31.3 Å². The molecule has 1 atom stereocenters. The van der Waals surface area contributed by atoms with Gasteiger partial charge in [0.05, 0.1) is 12.3 Å². The fraction of sp³-hybridized carbons (Fsp3) is 0.588. The highest BCUT2D eigenvalue weighted by Crippen LogP contribution is 2.20. The van der Waals surface area contributed by atoms with Crippen molar-refractivity contribution in [2.24, 2.45) is 5.92 Å². The third-order valence-electron chi connectivity index (χ3n) is 4.14. The van der Waals surface area contributed by atoms with Crippen LogP contribution in [0.25, 0.3) is 0 Å². The Balaban J connectivity index is 1.80. The first kappa shape index (κ1) is 17.5. The maximum Gasteiger partial charge on any atom is 0.315 e. The summed E-state index contributed by atoms with van der Waals surface area (Å²) in [7, 11) is 0. The zero-order valence-corrected chi connectivity index (χ0v) is 13.9. The number of carbonyl (C=O) groups is 1. The van der Waals surface area contributed by atoms with Crippen molar-refractivity contribution in [2.45, 2.75) is 26.8 Å². The molecule has 0 unspecified atom stereocenters. The third-order valence-corrected chi connectivity index (χ3v) is 4.14. The lowest BCUT2D eigenvalue weighted by Gasteiger charge is -2.22. The molecule has 0 aliphatic carbocycles. The van der Waals surface area contributed by atoms with E-state index in [1.807, 2.05) is 24.8 Å². The van der Waals surface area contributed by atoms with E-state index in [9.17, 15) is 9.18 Å². The lowest BCUT2D eigenvalue weighted by molar-refractivity contribution is 0.185. The monoisotopic (exact) mass is 323 g/mol. The van der Waals surface area contributed by atoms with E-state index < -0.39 is 0 Å². The van der Waals surface area contributed by atoms with Gasteiger partial charge in [0, 0.05) is 38.7 Å². The van der Waals surface area contributed by atoms with E-state index in [-0.39, 0.29) is 11.8 Å². The standard InChI is InChI=1S/C17H26FN3O2/c1-3-21(4-2)16-6-5-13(9-15(16)18)10-19-17(22)20-11-14-7-8-23-12-14/h5-6,9,14H,3-4,7-8,10-12H2,1-2H3,(H2,19,20,22)/t14-/m0/s1. The summed E-state index contributed by atoms with van der Waals surface area (Å²) >= 11 is 0. The smallest absolute Gasteiger partial charge is 0.315 e. The first-order valence-electron chi connectivity index (χ1n) is 8.26. The zero-order valence-electron chi connectivity index (χ0n) is 13.9. The molecule has 2 amide bonds. The van der Waals surface area contributed by atoms with Crippen LogP contribution in [0.3, 0.4) is 0 Å². The second-order valence-electron chi connectivity index (χ2n) is 5.75. The van der Waals surface area contributed by atoms with Gasteiger partial charge in [-0.25, -0.2) is 9.18 Å². The van der Waals surface area contributed by atoms with Crippen molar-refractivity contribution in [3.8, 4) is 0 Å². The van der Waals surface area contributed by atoms with Crippen molar-refractivity contribution >= 4 is 11.7 Å². The van der Waals surface area contributed by atoms with Crippen LogP contribution in [-0.2, 0) is 11.3 Å². The second-order valence-corrected chi connectivity index (χ2v) is 5.75. The SMILES string of the molecule is CCN(CC)c1ccc(CNC(=O)NC[C@@H]2CCOC2)cc1F. The molecule has 0 aromatic heterocycles. The van der Waals surface area contributed by atoms with Gasteiger partial charge in [0.25, 0.3) is 0 Å². The van der Waals surface area contributed by atoms with Crippen molar-refractivity contribution < 1.29 is 13.9 Å². The topological polar surface area (TPSA) is 53.6 Å². The lowest BCUT2D eigenvalue weighted by Crippen LogP contribution is -2.38.